The van der Waals surface area contributed by atoms with Crippen molar-refractivity contribution in [1.82, 2.24) is 0 Å². The highest BCUT2D eigenvalue weighted by Crippen LogP contribution is 2.65. The van der Waals surface area contributed by atoms with Crippen LogP contribution in [0, 0.1) is 28.6 Å². The minimum atomic E-state index is -0.107. The van der Waals surface area contributed by atoms with Crippen LogP contribution in [0.25, 0.3) is 0 Å². The van der Waals surface area contributed by atoms with Crippen molar-refractivity contribution in [3.05, 3.63) is 22.2 Å². The van der Waals surface area contributed by atoms with E-state index in [1.54, 1.807) is 12.5 Å². The molecule has 0 heterocycles. The number of halogens is 1. The van der Waals surface area contributed by atoms with E-state index in [-0.39, 0.29) is 17.5 Å². The van der Waals surface area contributed by atoms with E-state index in [0.29, 0.717) is 11.3 Å². The molecule has 0 bridgehead atoms. The number of esters is 1. The minimum Gasteiger partial charge on any atom is -0.462 e. The Morgan fingerprint density at radius 3 is 2.75 bits per heavy atom. The molecule has 6 atom stereocenters. The third-order valence-electron chi connectivity index (χ3n) is 7.94. The van der Waals surface area contributed by atoms with Crippen molar-refractivity contribution in [2.45, 2.75) is 71.8 Å². The maximum Gasteiger partial charge on any atom is 0.302 e. The summed E-state index contributed by atoms with van der Waals surface area (Å²) in [7, 11) is 0. The van der Waals surface area contributed by atoms with Crippen LogP contribution in [0.3, 0.4) is 0 Å². The molecule has 2 nitrogen and oxygen atoms in total. The zero-order chi connectivity index (χ0) is 17.1. The van der Waals surface area contributed by atoms with E-state index in [2.05, 4.69) is 41.9 Å². The molecular weight excluding hydrogens is 364 g/mol. The zero-order valence-electron chi connectivity index (χ0n) is 15.1. The molecule has 0 spiro atoms. The SMILES string of the molecule is CC(=O)O[C@H]1CCC2C3CC=C4C=C(Br)CC[C@]4(C)C3CC[C@@]21C. The standard InChI is InChI=1S/C21H29BrO2/c1-13(23)24-19-7-6-17-16-5-4-14-12-15(22)8-10-20(14,2)18(16)9-11-21(17,19)3/h4,12,16-19H,5-11H2,1-3H3/t16?,17?,18?,19-,20-,21-/m0/s1. The largest absolute Gasteiger partial charge is 0.462 e. The Kier molecular flexibility index (Phi) is 4.02. The molecule has 4 aliphatic carbocycles. The molecule has 132 valence electrons. The number of fused-ring (bicyclic) bond motifs is 5. The van der Waals surface area contributed by atoms with Crippen molar-refractivity contribution in [3.63, 3.8) is 0 Å². The number of allylic oxidation sites excluding steroid dienone is 4. The highest BCUT2D eigenvalue weighted by molar-refractivity contribution is 9.11. The summed E-state index contributed by atoms with van der Waals surface area (Å²) in [6.07, 6.45) is 13.5. The van der Waals surface area contributed by atoms with E-state index >= 15 is 0 Å². The van der Waals surface area contributed by atoms with Crippen molar-refractivity contribution >= 4 is 21.9 Å². The fraction of sp³-hybridized carbons (Fsp3) is 0.762. The molecule has 3 unspecified atom stereocenters. The van der Waals surface area contributed by atoms with E-state index in [1.807, 2.05) is 0 Å². The van der Waals surface area contributed by atoms with Gasteiger partial charge in [-0.15, -0.1) is 0 Å². The fourth-order valence-electron chi connectivity index (χ4n) is 6.64. The Hall–Kier alpha value is -0.570. The summed E-state index contributed by atoms with van der Waals surface area (Å²) in [5.41, 5.74) is 2.11. The van der Waals surface area contributed by atoms with Crippen LogP contribution in [0.1, 0.15) is 65.7 Å². The van der Waals surface area contributed by atoms with Crippen molar-refractivity contribution in [1.29, 1.82) is 0 Å². The van der Waals surface area contributed by atoms with E-state index in [4.69, 9.17) is 4.74 Å². The zero-order valence-corrected chi connectivity index (χ0v) is 16.7. The average molecular weight is 393 g/mol. The molecule has 2 saturated carbocycles. The summed E-state index contributed by atoms with van der Waals surface area (Å²) in [5, 5.41) is 0. The molecule has 0 aromatic rings. The summed E-state index contributed by atoms with van der Waals surface area (Å²) in [6.45, 7) is 6.46. The summed E-state index contributed by atoms with van der Waals surface area (Å²) >= 11 is 3.72. The summed E-state index contributed by atoms with van der Waals surface area (Å²) in [4.78, 5) is 11.5. The van der Waals surface area contributed by atoms with Crippen LogP contribution in [0.5, 0.6) is 0 Å². The second kappa shape index (κ2) is 5.72. The lowest BCUT2D eigenvalue weighted by molar-refractivity contribution is -0.156. The first-order valence-electron chi connectivity index (χ1n) is 9.58. The van der Waals surface area contributed by atoms with Gasteiger partial charge in [0.1, 0.15) is 6.10 Å². The number of carbonyl (C=O) groups is 1. The molecule has 0 amide bonds. The Morgan fingerprint density at radius 1 is 1.21 bits per heavy atom. The van der Waals surface area contributed by atoms with Gasteiger partial charge in [0.15, 0.2) is 0 Å². The number of rotatable bonds is 1. The van der Waals surface area contributed by atoms with Crippen LogP contribution in [0.15, 0.2) is 22.2 Å². The van der Waals surface area contributed by atoms with Crippen molar-refractivity contribution in [3.8, 4) is 0 Å². The number of hydrogen-bond donors (Lipinski definition) is 0. The lowest BCUT2D eigenvalue weighted by atomic mass is 9.49. The molecule has 0 aromatic heterocycles. The molecule has 0 aliphatic heterocycles. The molecule has 2 fully saturated rings. The highest BCUT2D eigenvalue weighted by Gasteiger charge is 2.59. The Bertz CT molecular complexity index is 621. The van der Waals surface area contributed by atoms with Crippen molar-refractivity contribution in [2.24, 2.45) is 28.6 Å². The van der Waals surface area contributed by atoms with Crippen LogP contribution < -0.4 is 0 Å². The molecule has 3 heteroatoms. The van der Waals surface area contributed by atoms with Gasteiger partial charge in [0.2, 0.25) is 0 Å². The van der Waals surface area contributed by atoms with Gasteiger partial charge in [0.25, 0.3) is 0 Å². The van der Waals surface area contributed by atoms with Gasteiger partial charge >= 0.3 is 5.97 Å². The van der Waals surface area contributed by atoms with Crippen molar-refractivity contribution in [2.75, 3.05) is 0 Å². The van der Waals surface area contributed by atoms with Crippen LogP contribution >= 0.6 is 15.9 Å². The first kappa shape index (κ1) is 16.9. The van der Waals surface area contributed by atoms with Gasteiger partial charge in [0.05, 0.1) is 0 Å². The van der Waals surface area contributed by atoms with Gasteiger partial charge in [-0.3, -0.25) is 4.79 Å². The number of ether oxygens (including phenoxy) is 1. The van der Waals surface area contributed by atoms with Gasteiger partial charge in [-0.25, -0.2) is 0 Å². The fourth-order valence-corrected chi connectivity index (χ4v) is 7.08. The van der Waals surface area contributed by atoms with E-state index < -0.39 is 0 Å². The van der Waals surface area contributed by atoms with Crippen molar-refractivity contribution < 1.29 is 9.53 Å². The normalized spacial score (nSPS) is 47.0. The average Bonchev–Trinajstić information content (AvgIpc) is 2.84. The maximum atomic E-state index is 11.5. The van der Waals surface area contributed by atoms with Gasteiger partial charge in [-0.1, -0.05) is 35.9 Å². The van der Waals surface area contributed by atoms with Gasteiger partial charge in [-0.2, -0.15) is 0 Å². The highest BCUT2D eigenvalue weighted by atomic mass is 79.9. The third kappa shape index (κ3) is 2.37. The van der Waals surface area contributed by atoms with E-state index in [1.165, 1.54) is 43.0 Å². The van der Waals surface area contributed by atoms with Crippen LogP contribution in [0.2, 0.25) is 0 Å². The number of hydrogen-bond acceptors (Lipinski definition) is 2. The molecule has 0 radical (unpaired) electrons. The van der Waals surface area contributed by atoms with Gasteiger partial charge < -0.3 is 4.74 Å². The molecule has 0 aromatic carbocycles. The second-order valence-electron chi connectivity index (χ2n) is 9.00. The van der Waals surface area contributed by atoms with E-state index in [9.17, 15) is 4.79 Å². The third-order valence-corrected chi connectivity index (χ3v) is 8.57. The Morgan fingerprint density at radius 2 is 2.00 bits per heavy atom. The lowest BCUT2D eigenvalue weighted by Gasteiger charge is -2.56. The lowest BCUT2D eigenvalue weighted by Crippen LogP contribution is -2.50. The monoisotopic (exact) mass is 392 g/mol. The predicted molar refractivity (Wildman–Crippen MR) is 99.7 cm³/mol. The van der Waals surface area contributed by atoms with E-state index in [0.717, 1.165) is 18.3 Å². The molecule has 0 saturated heterocycles. The summed E-state index contributed by atoms with van der Waals surface area (Å²) in [5.74, 6) is 2.17. The van der Waals surface area contributed by atoms with Crippen LogP contribution in [-0.4, -0.2) is 12.1 Å². The predicted octanol–water partition coefficient (Wildman–Crippen LogP) is 5.77. The number of carbonyl (C=O) groups excluding carboxylic acids is 1. The summed E-state index contributed by atoms with van der Waals surface area (Å²) in [6, 6.07) is 0. The second-order valence-corrected chi connectivity index (χ2v) is 10.0. The van der Waals surface area contributed by atoms with Crippen LogP contribution in [-0.2, 0) is 9.53 Å². The maximum absolute atomic E-state index is 11.5. The van der Waals surface area contributed by atoms with Gasteiger partial charge in [0, 0.05) is 12.3 Å². The Balaban J connectivity index is 1.64. The molecular formula is C21H29BrO2. The molecule has 4 aliphatic rings. The van der Waals surface area contributed by atoms with Gasteiger partial charge in [-0.05, 0) is 84.2 Å². The molecule has 0 N–H and O–H groups in total. The van der Waals surface area contributed by atoms with Crippen LogP contribution in [0.4, 0.5) is 0 Å². The molecule has 4 rings (SSSR count). The summed E-state index contributed by atoms with van der Waals surface area (Å²) < 4.78 is 7.10. The smallest absolute Gasteiger partial charge is 0.302 e. The minimum absolute atomic E-state index is 0.107. The molecule has 24 heavy (non-hydrogen) atoms. The Labute approximate surface area is 154 Å². The quantitative estimate of drug-likeness (QED) is 0.529. The topological polar surface area (TPSA) is 26.3 Å². The first-order chi connectivity index (χ1) is 11.3. The first-order valence-corrected chi connectivity index (χ1v) is 10.4.